The summed E-state index contributed by atoms with van der Waals surface area (Å²) in [4.78, 5) is 0. The monoisotopic (exact) mass is 288 g/mol. The van der Waals surface area contributed by atoms with Gasteiger partial charge in [-0.15, -0.1) is 5.10 Å². The van der Waals surface area contributed by atoms with Crippen molar-refractivity contribution >= 4 is 5.82 Å². The number of aryl methyl sites for hydroxylation is 1. The van der Waals surface area contributed by atoms with Gasteiger partial charge in [0.25, 0.3) is 0 Å². The van der Waals surface area contributed by atoms with E-state index in [0.29, 0.717) is 11.4 Å². The van der Waals surface area contributed by atoms with Crippen LogP contribution in [0.5, 0.6) is 0 Å². The molecule has 116 valence electrons. The molecule has 1 aromatic heterocycles. The molecule has 0 atom stereocenters. The van der Waals surface area contributed by atoms with Crippen LogP contribution in [0.1, 0.15) is 75.1 Å². The maximum Gasteiger partial charge on any atom is 0.166 e. The number of aromatic nitrogens is 2. The molecule has 0 fully saturated rings. The topological polar surface area (TPSA) is 61.6 Å². The molecule has 0 saturated heterocycles. The lowest BCUT2D eigenvalue weighted by atomic mass is 10.1. The number of nitrogens with zero attached hydrogens (tertiary/aromatic N) is 3. The summed E-state index contributed by atoms with van der Waals surface area (Å²) >= 11 is 0. The van der Waals surface area contributed by atoms with E-state index in [1.807, 2.05) is 13.8 Å². The molecule has 0 aromatic carbocycles. The molecule has 0 saturated carbocycles. The first-order chi connectivity index (χ1) is 10.2. The average molecular weight is 288 g/mol. The fourth-order valence-corrected chi connectivity index (χ4v) is 2.33. The van der Waals surface area contributed by atoms with E-state index in [1.165, 1.54) is 44.9 Å². The third kappa shape index (κ3) is 6.12. The maximum atomic E-state index is 9.21. The largest absolute Gasteiger partial charge is 0.367 e. The molecule has 0 unspecified atom stereocenters. The number of anilines is 1. The van der Waals surface area contributed by atoms with Gasteiger partial charge >= 0.3 is 0 Å². The van der Waals surface area contributed by atoms with Crippen molar-refractivity contribution < 1.29 is 0 Å². The second-order valence-electron chi connectivity index (χ2n) is 5.65. The Morgan fingerprint density at radius 3 is 2.19 bits per heavy atom. The fraction of sp³-hybridized carbons (Fsp3) is 0.706. The zero-order valence-corrected chi connectivity index (χ0v) is 13.7. The Hall–Kier alpha value is -1.63. The summed E-state index contributed by atoms with van der Waals surface area (Å²) in [5, 5.41) is 20.6. The highest BCUT2D eigenvalue weighted by atomic mass is 15.2. The van der Waals surface area contributed by atoms with E-state index in [4.69, 9.17) is 0 Å². The van der Waals surface area contributed by atoms with Crippen LogP contribution in [0.3, 0.4) is 0 Å². The van der Waals surface area contributed by atoms with E-state index in [0.717, 1.165) is 24.2 Å². The lowest BCUT2D eigenvalue weighted by Gasteiger charge is -2.09. The van der Waals surface area contributed by atoms with Gasteiger partial charge in [0.15, 0.2) is 5.82 Å². The number of unbranched alkanes of at least 4 members (excludes halogenated alkanes) is 7. The van der Waals surface area contributed by atoms with E-state index in [-0.39, 0.29) is 0 Å². The SMILES string of the molecule is CCCCCCCCCCNc1nnc(C)c(C)c1C#N. The number of hydrogen-bond donors (Lipinski definition) is 1. The Balaban J connectivity index is 2.22. The van der Waals surface area contributed by atoms with Crippen molar-refractivity contribution in [1.82, 2.24) is 10.2 Å². The van der Waals surface area contributed by atoms with Gasteiger partial charge in [-0.3, -0.25) is 0 Å². The maximum absolute atomic E-state index is 9.21. The van der Waals surface area contributed by atoms with Crippen LogP contribution in [0, 0.1) is 25.2 Å². The van der Waals surface area contributed by atoms with Crippen molar-refractivity contribution in [3.8, 4) is 6.07 Å². The third-order valence-corrected chi connectivity index (χ3v) is 3.89. The molecule has 0 spiro atoms. The zero-order valence-electron chi connectivity index (χ0n) is 13.7. The molecule has 1 rings (SSSR count). The summed E-state index contributed by atoms with van der Waals surface area (Å²) in [7, 11) is 0. The minimum absolute atomic E-state index is 0.627. The van der Waals surface area contributed by atoms with Crippen molar-refractivity contribution in [1.29, 1.82) is 5.26 Å². The lowest BCUT2D eigenvalue weighted by Crippen LogP contribution is -2.08. The normalized spacial score (nSPS) is 10.4. The van der Waals surface area contributed by atoms with E-state index in [9.17, 15) is 5.26 Å². The molecule has 0 amide bonds. The van der Waals surface area contributed by atoms with Crippen molar-refractivity contribution in [2.45, 2.75) is 72.1 Å². The summed E-state index contributed by atoms with van der Waals surface area (Å²) in [5.41, 5.74) is 2.37. The second-order valence-corrected chi connectivity index (χ2v) is 5.65. The Morgan fingerprint density at radius 2 is 1.57 bits per heavy atom. The van der Waals surface area contributed by atoms with Crippen LogP contribution in [-0.4, -0.2) is 16.7 Å². The summed E-state index contributed by atoms with van der Waals surface area (Å²) in [6, 6.07) is 2.22. The van der Waals surface area contributed by atoms with Gasteiger partial charge in [-0.05, 0) is 25.8 Å². The van der Waals surface area contributed by atoms with Crippen LogP contribution < -0.4 is 5.32 Å². The molecular formula is C17H28N4. The highest BCUT2D eigenvalue weighted by Gasteiger charge is 2.09. The van der Waals surface area contributed by atoms with Gasteiger partial charge < -0.3 is 5.32 Å². The van der Waals surface area contributed by atoms with Gasteiger partial charge in [-0.2, -0.15) is 10.4 Å². The average Bonchev–Trinajstić information content (AvgIpc) is 2.49. The summed E-state index contributed by atoms with van der Waals surface area (Å²) in [5.74, 6) is 0.628. The van der Waals surface area contributed by atoms with Gasteiger partial charge in [-0.25, -0.2) is 0 Å². The van der Waals surface area contributed by atoms with Gasteiger partial charge in [-0.1, -0.05) is 51.9 Å². The van der Waals surface area contributed by atoms with Crippen LogP contribution in [-0.2, 0) is 0 Å². The van der Waals surface area contributed by atoms with E-state index >= 15 is 0 Å². The first-order valence-electron chi connectivity index (χ1n) is 8.18. The summed E-state index contributed by atoms with van der Waals surface area (Å²) in [6.07, 6.45) is 10.4. The first-order valence-corrected chi connectivity index (χ1v) is 8.18. The number of nitriles is 1. The highest BCUT2D eigenvalue weighted by Crippen LogP contribution is 2.17. The third-order valence-electron chi connectivity index (χ3n) is 3.89. The van der Waals surface area contributed by atoms with Crippen molar-refractivity contribution in [3.63, 3.8) is 0 Å². The molecule has 1 heterocycles. The highest BCUT2D eigenvalue weighted by molar-refractivity contribution is 5.55. The number of nitrogens with one attached hydrogen (secondary N) is 1. The van der Waals surface area contributed by atoms with Crippen molar-refractivity contribution in [3.05, 3.63) is 16.8 Å². The molecule has 0 aliphatic heterocycles. The second kappa shape index (κ2) is 10.1. The Kier molecular flexibility index (Phi) is 8.42. The van der Waals surface area contributed by atoms with E-state index < -0.39 is 0 Å². The summed E-state index contributed by atoms with van der Waals surface area (Å²) in [6.45, 7) is 6.91. The van der Waals surface area contributed by atoms with Crippen LogP contribution in [0.4, 0.5) is 5.82 Å². The van der Waals surface area contributed by atoms with Crippen molar-refractivity contribution in [2.75, 3.05) is 11.9 Å². The Morgan fingerprint density at radius 1 is 0.952 bits per heavy atom. The van der Waals surface area contributed by atoms with Crippen LogP contribution in [0.2, 0.25) is 0 Å². The molecule has 1 N–H and O–H groups in total. The quantitative estimate of drug-likeness (QED) is 0.643. The Bertz CT molecular complexity index is 463. The van der Waals surface area contributed by atoms with Crippen molar-refractivity contribution in [2.24, 2.45) is 0 Å². The standard InChI is InChI=1S/C17H28N4/c1-4-5-6-7-8-9-10-11-12-19-17-16(13-18)14(2)15(3)20-21-17/h4-12H2,1-3H3,(H,19,21). The molecular weight excluding hydrogens is 260 g/mol. The molecule has 0 radical (unpaired) electrons. The van der Waals surface area contributed by atoms with E-state index in [2.05, 4.69) is 28.5 Å². The molecule has 21 heavy (non-hydrogen) atoms. The first kappa shape index (κ1) is 17.4. The van der Waals surface area contributed by atoms with Gasteiger partial charge in [0, 0.05) is 6.54 Å². The molecule has 1 aromatic rings. The molecule has 4 heteroatoms. The van der Waals surface area contributed by atoms with Crippen LogP contribution in [0.15, 0.2) is 0 Å². The lowest BCUT2D eigenvalue weighted by molar-refractivity contribution is 0.581. The molecule has 4 nitrogen and oxygen atoms in total. The predicted molar refractivity (Wildman–Crippen MR) is 87.3 cm³/mol. The van der Waals surface area contributed by atoms with Crippen LogP contribution in [0.25, 0.3) is 0 Å². The number of hydrogen-bond acceptors (Lipinski definition) is 4. The van der Waals surface area contributed by atoms with Crippen LogP contribution >= 0.6 is 0 Å². The zero-order chi connectivity index (χ0) is 15.5. The Labute approximate surface area is 129 Å². The summed E-state index contributed by atoms with van der Waals surface area (Å²) < 4.78 is 0. The van der Waals surface area contributed by atoms with E-state index in [1.54, 1.807) is 0 Å². The molecule has 0 aliphatic carbocycles. The smallest absolute Gasteiger partial charge is 0.166 e. The van der Waals surface area contributed by atoms with Gasteiger partial charge in [0.2, 0.25) is 0 Å². The predicted octanol–water partition coefficient (Wildman–Crippen LogP) is 4.52. The van der Waals surface area contributed by atoms with Gasteiger partial charge in [0.1, 0.15) is 11.6 Å². The fourth-order valence-electron chi connectivity index (χ4n) is 2.33. The minimum atomic E-state index is 0.627. The molecule has 0 aliphatic rings. The number of rotatable bonds is 10. The van der Waals surface area contributed by atoms with Gasteiger partial charge in [0.05, 0.1) is 5.69 Å². The molecule has 0 bridgehead atoms. The minimum Gasteiger partial charge on any atom is -0.367 e.